The number of carbonyl (C=O) groups is 2. The third-order valence-electron chi connectivity index (χ3n) is 5.85. The van der Waals surface area contributed by atoms with Crippen molar-refractivity contribution in [2.24, 2.45) is 0 Å². The van der Waals surface area contributed by atoms with Crippen molar-refractivity contribution >= 4 is 34.2 Å². The van der Waals surface area contributed by atoms with Gasteiger partial charge in [-0.1, -0.05) is 24.3 Å². The summed E-state index contributed by atoms with van der Waals surface area (Å²) >= 11 is 0. The molecule has 9 heteroatoms. The molecule has 1 aromatic heterocycles. The monoisotopic (exact) mass is 476 g/mol. The van der Waals surface area contributed by atoms with Gasteiger partial charge >= 0.3 is 6.55 Å². The van der Waals surface area contributed by atoms with Gasteiger partial charge < -0.3 is 15.0 Å². The van der Waals surface area contributed by atoms with E-state index in [4.69, 9.17) is 4.74 Å². The Kier molecular flexibility index (Phi) is 5.90. The molecule has 0 saturated heterocycles. The van der Waals surface area contributed by atoms with E-state index in [1.54, 1.807) is 72.5 Å². The molecular weight excluding hydrogens is 454 g/mol. The number of hydrogen-bond acceptors (Lipinski definition) is 4. The maximum absolute atomic E-state index is 13.7. The first-order valence-electron chi connectivity index (χ1n) is 11.1. The highest BCUT2D eigenvalue weighted by molar-refractivity contribution is 6.01. The number of fused-ring (bicyclic) bond motifs is 2. The normalized spacial score (nSPS) is 15.3. The smallest absolute Gasteiger partial charge is 0.320 e. The minimum atomic E-state index is -2.74. The summed E-state index contributed by atoms with van der Waals surface area (Å²) in [7, 11) is 0. The van der Waals surface area contributed by atoms with Crippen molar-refractivity contribution in [2.75, 3.05) is 16.8 Å². The van der Waals surface area contributed by atoms with Crippen LogP contribution in [0.15, 0.2) is 72.8 Å². The average Bonchev–Trinajstić information content (AvgIpc) is 3.25. The molecule has 7 nitrogen and oxygen atoms in total. The van der Waals surface area contributed by atoms with Crippen molar-refractivity contribution in [3.05, 3.63) is 72.8 Å². The van der Waals surface area contributed by atoms with Gasteiger partial charge in [0.25, 0.3) is 5.91 Å². The van der Waals surface area contributed by atoms with Gasteiger partial charge in [-0.2, -0.15) is 8.78 Å². The lowest BCUT2D eigenvalue weighted by Crippen LogP contribution is -2.45. The van der Waals surface area contributed by atoms with Gasteiger partial charge in [0.05, 0.1) is 16.7 Å². The maximum atomic E-state index is 13.7. The zero-order chi connectivity index (χ0) is 24.5. The molecule has 0 fully saturated rings. The van der Waals surface area contributed by atoms with Crippen LogP contribution in [0.1, 0.15) is 19.9 Å². The topological polar surface area (TPSA) is 76.5 Å². The fourth-order valence-electron chi connectivity index (χ4n) is 4.17. The Morgan fingerprint density at radius 2 is 1.77 bits per heavy atom. The third kappa shape index (κ3) is 4.32. The summed E-state index contributed by atoms with van der Waals surface area (Å²) in [5, 5.41) is 2.79. The van der Waals surface area contributed by atoms with Crippen LogP contribution in [0.4, 0.5) is 20.2 Å². The zero-order valence-electron chi connectivity index (χ0n) is 18.8. The fraction of sp³-hybridized carbons (Fsp3) is 0.192. The Morgan fingerprint density at radius 3 is 2.54 bits per heavy atom. The molecule has 0 spiro atoms. The summed E-state index contributed by atoms with van der Waals surface area (Å²) in [6.07, 6.45) is -0.548. The molecule has 1 unspecified atom stereocenters. The summed E-state index contributed by atoms with van der Waals surface area (Å²) < 4.78 is 34.0. The number of para-hydroxylation sites is 4. The first kappa shape index (κ1) is 22.5. The maximum Gasteiger partial charge on any atom is 0.320 e. The van der Waals surface area contributed by atoms with E-state index >= 15 is 0 Å². The molecule has 1 aliphatic heterocycles. The SMILES string of the molecule is CC1Oc2ccccc2N(CCC(=O)Nc2ccc(-c3nc4ccccc4n3C(F)F)cc2)C1=O. The largest absolute Gasteiger partial charge is 0.479 e. The van der Waals surface area contributed by atoms with Crippen molar-refractivity contribution in [3.8, 4) is 17.1 Å². The lowest BCUT2D eigenvalue weighted by Gasteiger charge is -2.32. The van der Waals surface area contributed by atoms with Gasteiger partial charge in [0.2, 0.25) is 5.91 Å². The highest BCUT2D eigenvalue weighted by Gasteiger charge is 2.31. The van der Waals surface area contributed by atoms with E-state index in [1.807, 2.05) is 12.1 Å². The number of nitrogens with one attached hydrogen (secondary N) is 1. The molecule has 0 saturated carbocycles. The predicted octanol–water partition coefficient (Wildman–Crippen LogP) is 5.24. The van der Waals surface area contributed by atoms with Crippen molar-refractivity contribution in [3.63, 3.8) is 0 Å². The van der Waals surface area contributed by atoms with Gasteiger partial charge in [-0.15, -0.1) is 0 Å². The number of alkyl halides is 2. The number of nitrogens with zero attached hydrogens (tertiary/aromatic N) is 3. The highest BCUT2D eigenvalue weighted by atomic mass is 19.3. The van der Waals surface area contributed by atoms with E-state index in [0.29, 0.717) is 33.7 Å². The van der Waals surface area contributed by atoms with Crippen LogP contribution in [0, 0.1) is 0 Å². The van der Waals surface area contributed by atoms with E-state index in [-0.39, 0.29) is 30.6 Å². The summed E-state index contributed by atoms with van der Waals surface area (Å²) in [5.41, 5.74) is 2.48. The Morgan fingerprint density at radius 1 is 1.06 bits per heavy atom. The Balaban J connectivity index is 1.28. The van der Waals surface area contributed by atoms with Crippen LogP contribution >= 0.6 is 0 Å². The number of ether oxygens (including phenoxy) is 1. The lowest BCUT2D eigenvalue weighted by atomic mass is 10.1. The summed E-state index contributed by atoms with van der Waals surface area (Å²) in [4.78, 5) is 31.1. The van der Waals surface area contributed by atoms with E-state index < -0.39 is 12.7 Å². The summed E-state index contributed by atoms with van der Waals surface area (Å²) in [6, 6.07) is 20.5. The van der Waals surface area contributed by atoms with Crippen molar-refractivity contribution < 1.29 is 23.1 Å². The standard InChI is InChI=1S/C26H22F2N4O3/c1-16-25(34)31(21-8-4-5-9-22(21)35-16)15-14-23(33)29-18-12-10-17(11-13-18)24-30-19-6-2-3-7-20(19)32(24)26(27)28/h2-13,16,26H,14-15H2,1H3,(H,29,33). The van der Waals surface area contributed by atoms with Crippen LogP contribution < -0.4 is 15.0 Å². The first-order valence-corrected chi connectivity index (χ1v) is 11.1. The zero-order valence-corrected chi connectivity index (χ0v) is 18.8. The molecule has 0 radical (unpaired) electrons. The van der Waals surface area contributed by atoms with Crippen LogP contribution in [-0.2, 0) is 9.59 Å². The van der Waals surface area contributed by atoms with Crippen LogP contribution in [-0.4, -0.2) is 34.0 Å². The number of anilines is 2. The van der Waals surface area contributed by atoms with Crippen LogP contribution in [0.25, 0.3) is 22.4 Å². The summed E-state index contributed by atoms with van der Waals surface area (Å²) in [5.74, 6) is 0.271. The third-order valence-corrected chi connectivity index (χ3v) is 5.85. The number of amides is 2. The van der Waals surface area contributed by atoms with E-state index in [1.165, 1.54) is 0 Å². The number of carbonyl (C=O) groups excluding carboxylic acids is 2. The van der Waals surface area contributed by atoms with Crippen molar-refractivity contribution in [1.29, 1.82) is 0 Å². The first-order chi connectivity index (χ1) is 16.9. The fourth-order valence-corrected chi connectivity index (χ4v) is 4.17. The van der Waals surface area contributed by atoms with Crippen LogP contribution in [0.3, 0.4) is 0 Å². The number of rotatable bonds is 6. The van der Waals surface area contributed by atoms with Gasteiger partial charge in [0, 0.05) is 24.2 Å². The highest BCUT2D eigenvalue weighted by Crippen LogP contribution is 2.34. The average molecular weight is 476 g/mol. The van der Waals surface area contributed by atoms with E-state index in [2.05, 4.69) is 10.3 Å². The molecule has 1 atom stereocenters. The Hall–Kier alpha value is -4.27. The second-order valence-corrected chi connectivity index (χ2v) is 8.16. The molecule has 5 rings (SSSR count). The van der Waals surface area contributed by atoms with Gasteiger partial charge in [0.1, 0.15) is 11.6 Å². The molecule has 2 heterocycles. The number of halogens is 2. The number of imidazole rings is 1. The van der Waals surface area contributed by atoms with Gasteiger partial charge in [-0.25, -0.2) is 4.98 Å². The minimum absolute atomic E-state index is 0.0791. The molecule has 2 amide bonds. The number of benzene rings is 3. The second-order valence-electron chi connectivity index (χ2n) is 8.16. The molecule has 178 valence electrons. The minimum Gasteiger partial charge on any atom is -0.479 e. The van der Waals surface area contributed by atoms with Gasteiger partial charge in [0.15, 0.2) is 6.10 Å². The van der Waals surface area contributed by atoms with Crippen LogP contribution in [0.2, 0.25) is 0 Å². The van der Waals surface area contributed by atoms with Crippen LogP contribution in [0.5, 0.6) is 5.75 Å². The van der Waals surface area contributed by atoms with Crippen molar-refractivity contribution in [2.45, 2.75) is 26.0 Å². The Labute approximate surface area is 199 Å². The molecule has 1 aliphatic rings. The lowest BCUT2D eigenvalue weighted by molar-refractivity contribution is -0.125. The molecule has 3 aromatic carbocycles. The quantitative estimate of drug-likeness (QED) is 0.413. The van der Waals surface area contributed by atoms with E-state index in [0.717, 1.165) is 4.57 Å². The van der Waals surface area contributed by atoms with Crippen molar-refractivity contribution in [1.82, 2.24) is 9.55 Å². The van der Waals surface area contributed by atoms with E-state index in [9.17, 15) is 18.4 Å². The predicted molar refractivity (Wildman–Crippen MR) is 129 cm³/mol. The van der Waals surface area contributed by atoms with Gasteiger partial charge in [-0.05, 0) is 55.5 Å². The molecule has 1 N–H and O–H groups in total. The molecular formula is C26H22F2N4O3. The molecule has 0 aliphatic carbocycles. The van der Waals surface area contributed by atoms with Gasteiger partial charge in [-0.3, -0.25) is 14.2 Å². The second kappa shape index (κ2) is 9.17. The number of aromatic nitrogens is 2. The summed E-state index contributed by atoms with van der Waals surface area (Å²) in [6.45, 7) is -0.867. The molecule has 0 bridgehead atoms. The molecule has 4 aromatic rings. The Bertz CT molecular complexity index is 1400. The molecule has 35 heavy (non-hydrogen) atoms. The number of hydrogen-bond donors (Lipinski definition) is 1.